The third-order valence-electron chi connectivity index (χ3n) is 6.44. The van der Waals surface area contributed by atoms with Crippen molar-refractivity contribution in [2.75, 3.05) is 13.2 Å². The number of hydrogen-bond donors (Lipinski definition) is 4. The van der Waals surface area contributed by atoms with Crippen molar-refractivity contribution in [3.63, 3.8) is 0 Å². The fraction of sp³-hybridized carbons (Fsp3) is 0.440. The van der Waals surface area contributed by atoms with Crippen molar-refractivity contribution in [3.05, 3.63) is 64.2 Å². The minimum Gasteiger partial charge on any atom is -0.490 e. The molecule has 33 heavy (non-hydrogen) atoms. The van der Waals surface area contributed by atoms with Crippen LogP contribution in [-0.4, -0.2) is 41.4 Å². The van der Waals surface area contributed by atoms with Crippen molar-refractivity contribution in [3.8, 4) is 11.8 Å². The lowest BCUT2D eigenvalue weighted by molar-refractivity contribution is 0.0376. The van der Waals surface area contributed by atoms with Crippen LogP contribution in [0.1, 0.15) is 66.3 Å². The van der Waals surface area contributed by atoms with Crippen LogP contribution in [-0.2, 0) is 4.84 Å². The Morgan fingerprint density at radius 3 is 2.94 bits per heavy atom. The zero-order valence-corrected chi connectivity index (χ0v) is 18.7. The predicted molar refractivity (Wildman–Crippen MR) is 122 cm³/mol. The third-order valence-corrected chi connectivity index (χ3v) is 6.44. The van der Waals surface area contributed by atoms with Crippen LogP contribution in [0.5, 0.6) is 5.75 Å². The molecule has 172 valence electrons. The molecule has 0 aromatic heterocycles. The number of amidine groups is 1. The van der Waals surface area contributed by atoms with E-state index >= 15 is 0 Å². The number of hydroxylamine groups is 1. The van der Waals surface area contributed by atoms with Gasteiger partial charge in [0.2, 0.25) is 6.23 Å². The molecule has 8 heteroatoms. The Balaban J connectivity index is 1.39. The topological polar surface area (TPSA) is 119 Å². The number of aliphatic hydroxyl groups is 2. The first-order valence-electron chi connectivity index (χ1n) is 11.4. The van der Waals surface area contributed by atoms with E-state index in [1.807, 2.05) is 26.0 Å². The summed E-state index contributed by atoms with van der Waals surface area (Å²) in [6.07, 6.45) is -0.244. The van der Waals surface area contributed by atoms with Crippen LogP contribution in [0.2, 0.25) is 0 Å². The molecule has 0 amide bonds. The fourth-order valence-corrected chi connectivity index (χ4v) is 4.90. The van der Waals surface area contributed by atoms with Gasteiger partial charge >= 0.3 is 0 Å². The second-order valence-corrected chi connectivity index (χ2v) is 9.12. The molecular weight excluding hydrogens is 420 g/mol. The van der Waals surface area contributed by atoms with E-state index in [0.29, 0.717) is 35.5 Å². The highest BCUT2D eigenvalue weighted by atomic mass is 16.7. The first-order valence-corrected chi connectivity index (χ1v) is 11.4. The summed E-state index contributed by atoms with van der Waals surface area (Å²) in [6, 6.07) is 14.0. The van der Waals surface area contributed by atoms with Gasteiger partial charge in [0.15, 0.2) is 5.84 Å². The molecule has 2 aromatic carbocycles. The second kappa shape index (κ2) is 8.76. The van der Waals surface area contributed by atoms with Crippen molar-refractivity contribution in [2.24, 2.45) is 10.9 Å². The van der Waals surface area contributed by atoms with Gasteiger partial charge in [-0.25, -0.2) is 15.3 Å². The van der Waals surface area contributed by atoms with Gasteiger partial charge in [-0.1, -0.05) is 24.3 Å². The summed E-state index contributed by atoms with van der Waals surface area (Å²) in [6.45, 7) is 3.95. The van der Waals surface area contributed by atoms with Gasteiger partial charge in [-0.05, 0) is 55.4 Å². The molecule has 4 N–H and O–H groups in total. The number of nitrogens with zero attached hydrogens (tertiary/aromatic N) is 2. The summed E-state index contributed by atoms with van der Waals surface area (Å²) >= 11 is 0. The average molecular weight is 449 g/mol. The molecule has 5 atom stereocenters. The first-order chi connectivity index (χ1) is 16.0. The van der Waals surface area contributed by atoms with Gasteiger partial charge in [0.05, 0.1) is 24.4 Å². The van der Waals surface area contributed by atoms with Crippen molar-refractivity contribution in [1.82, 2.24) is 10.8 Å². The van der Waals surface area contributed by atoms with Gasteiger partial charge in [0.1, 0.15) is 11.8 Å². The van der Waals surface area contributed by atoms with E-state index < -0.39 is 12.3 Å². The maximum absolute atomic E-state index is 9.74. The highest BCUT2D eigenvalue weighted by molar-refractivity contribution is 6.01. The molecule has 2 aromatic rings. The zero-order valence-electron chi connectivity index (χ0n) is 18.7. The lowest BCUT2D eigenvalue weighted by Gasteiger charge is -2.19. The van der Waals surface area contributed by atoms with E-state index in [2.05, 4.69) is 29.0 Å². The highest BCUT2D eigenvalue weighted by Crippen LogP contribution is 2.62. The van der Waals surface area contributed by atoms with Crippen LogP contribution in [0.15, 0.2) is 41.4 Å². The standard InChI is InChI=1S/C25H28N4O4/c1-13(2)32-21-7-6-14(8-15(21)10-26)25-28-24(29-33-25)18-5-3-4-17-22(18)19-9-20(19)23(17)27-11-16(31)12-30/h3-8,13,16,19-20,23,25,27,30-31H,9,11-12H2,1-2H3,(H,28,29). The highest BCUT2D eigenvalue weighted by Gasteiger charge is 2.53. The number of benzene rings is 2. The maximum atomic E-state index is 9.74. The van der Waals surface area contributed by atoms with Gasteiger partial charge in [0, 0.05) is 23.7 Å². The van der Waals surface area contributed by atoms with Crippen molar-refractivity contribution in [2.45, 2.75) is 50.7 Å². The molecule has 5 unspecified atom stereocenters. The SMILES string of the molecule is CC(C)Oc1ccc(C2N=C(c3cccc4c3C3CC3C4NCC(O)CO)NO2)cc1C#N. The van der Waals surface area contributed by atoms with Crippen LogP contribution in [0.25, 0.3) is 0 Å². The minimum atomic E-state index is -0.764. The van der Waals surface area contributed by atoms with Crippen LogP contribution in [0, 0.1) is 17.2 Å². The van der Waals surface area contributed by atoms with E-state index in [4.69, 9.17) is 19.7 Å². The molecule has 8 nitrogen and oxygen atoms in total. The Morgan fingerprint density at radius 1 is 1.33 bits per heavy atom. The average Bonchev–Trinajstić information content (AvgIpc) is 3.31. The van der Waals surface area contributed by atoms with Crippen molar-refractivity contribution in [1.29, 1.82) is 5.26 Å². The summed E-state index contributed by atoms with van der Waals surface area (Å²) in [5.41, 5.74) is 7.73. The Bertz CT molecular complexity index is 1130. The van der Waals surface area contributed by atoms with E-state index in [-0.39, 0.29) is 18.8 Å². The van der Waals surface area contributed by atoms with Gasteiger partial charge in [-0.2, -0.15) is 5.26 Å². The number of hydrogen-bond acceptors (Lipinski definition) is 8. The predicted octanol–water partition coefficient (Wildman–Crippen LogP) is 2.43. The van der Waals surface area contributed by atoms with Crippen LogP contribution in [0.4, 0.5) is 0 Å². The number of ether oxygens (including phenoxy) is 1. The first kappa shape index (κ1) is 21.9. The maximum Gasteiger partial charge on any atom is 0.202 e. The minimum absolute atomic E-state index is 0.0198. The van der Waals surface area contributed by atoms with E-state index in [1.54, 1.807) is 12.1 Å². The summed E-state index contributed by atoms with van der Waals surface area (Å²) in [5.74, 6) is 2.19. The third kappa shape index (κ3) is 4.09. The molecule has 0 bridgehead atoms. The van der Waals surface area contributed by atoms with Crippen LogP contribution >= 0.6 is 0 Å². The molecule has 3 aliphatic rings. The molecule has 0 radical (unpaired) electrons. The fourth-order valence-electron chi connectivity index (χ4n) is 4.90. The van der Waals surface area contributed by atoms with E-state index in [0.717, 1.165) is 17.5 Å². The lowest BCUT2D eigenvalue weighted by Crippen LogP contribution is -2.32. The quantitative estimate of drug-likeness (QED) is 0.490. The number of aliphatic hydroxyl groups excluding tert-OH is 2. The van der Waals surface area contributed by atoms with Crippen molar-refractivity contribution >= 4 is 5.84 Å². The van der Waals surface area contributed by atoms with E-state index in [1.165, 1.54) is 11.1 Å². The number of nitrogens with one attached hydrogen (secondary N) is 2. The van der Waals surface area contributed by atoms with Crippen LogP contribution in [0.3, 0.4) is 0 Å². The summed E-state index contributed by atoms with van der Waals surface area (Å²) in [7, 11) is 0. The molecule has 1 saturated carbocycles. The Labute approximate surface area is 192 Å². The van der Waals surface area contributed by atoms with E-state index in [9.17, 15) is 10.4 Å². The van der Waals surface area contributed by atoms with Gasteiger partial charge < -0.3 is 20.3 Å². The molecule has 1 fully saturated rings. The summed E-state index contributed by atoms with van der Waals surface area (Å²) in [5, 5.41) is 31.8. The summed E-state index contributed by atoms with van der Waals surface area (Å²) < 4.78 is 5.71. The van der Waals surface area contributed by atoms with Gasteiger partial charge in [-0.3, -0.25) is 0 Å². The normalized spacial score (nSPS) is 25.6. The monoisotopic (exact) mass is 448 g/mol. The number of rotatable bonds is 8. The second-order valence-electron chi connectivity index (χ2n) is 9.12. The van der Waals surface area contributed by atoms with Gasteiger partial charge in [-0.15, -0.1) is 0 Å². The molecule has 0 saturated heterocycles. The Morgan fingerprint density at radius 2 is 2.18 bits per heavy atom. The zero-order chi connectivity index (χ0) is 23.1. The van der Waals surface area contributed by atoms with Crippen LogP contribution < -0.4 is 15.5 Å². The summed E-state index contributed by atoms with van der Waals surface area (Å²) in [4.78, 5) is 10.6. The molecule has 0 spiro atoms. The number of nitriles is 1. The Hall–Kier alpha value is -2.96. The lowest BCUT2D eigenvalue weighted by atomic mass is 9.97. The molecule has 1 aliphatic heterocycles. The number of fused-ring (bicyclic) bond motifs is 3. The molecule has 1 heterocycles. The largest absolute Gasteiger partial charge is 0.490 e. The molecular formula is C25H28N4O4. The number of aliphatic imine (C=N–C) groups is 1. The van der Waals surface area contributed by atoms with Gasteiger partial charge in [0.25, 0.3) is 0 Å². The van der Waals surface area contributed by atoms with Crippen molar-refractivity contribution < 1.29 is 19.8 Å². The molecule has 5 rings (SSSR count). The smallest absolute Gasteiger partial charge is 0.202 e. The molecule has 2 aliphatic carbocycles. The Kier molecular flexibility index (Phi) is 5.81.